The fourth-order valence-corrected chi connectivity index (χ4v) is 1.73. The number of hydrogen-bond donors (Lipinski definition) is 3. The van der Waals surface area contributed by atoms with E-state index < -0.39 is 5.82 Å². The molecule has 0 unspecified atom stereocenters. The maximum absolute atomic E-state index is 13.3. The normalized spacial score (nSPS) is 12.4. The Morgan fingerprint density at radius 1 is 1.36 bits per heavy atom. The van der Waals surface area contributed by atoms with Gasteiger partial charge in [-0.05, 0) is 38.5 Å². The third-order valence-electron chi connectivity index (χ3n) is 3.28. The van der Waals surface area contributed by atoms with Crippen LogP contribution in [0.25, 0.3) is 0 Å². The van der Waals surface area contributed by atoms with Crippen LogP contribution >= 0.6 is 0 Å². The minimum Gasteiger partial charge on any atom is -0.392 e. The second-order valence-corrected chi connectivity index (χ2v) is 5.60. The SMILES string of the molecule is CCNC(=NCc1ccc(F)c(CO)c1)NCC(C)(C)OC. The van der Waals surface area contributed by atoms with Crippen LogP contribution in [0.5, 0.6) is 0 Å². The Kier molecular flexibility index (Phi) is 7.27. The minimum atomic E-state index is -0.401. The number of benzene rings is 1. The van der Waals surface area contributed by atoms with Gasteiger partial charge in [0.1, 0.15) is 5.82 Å². The molecule has 124 valence electrons. The second-order valence-electron chi connectivity index (χ2n) is 5.60. The topological polar surface area (TPSA) is 65.9 Å². The van der Waals surface area contributed by atoms with Crippen molar-refractivity contribution in [2.75, 3.05) is 20.2 Å². The average Bonchev–Trinajstić information content (AvgIpc) is 2.51. The fraction of sp³-hybridized carbons (Fsp3) is 0.562. The molecule has 5 nitrogen and oxygen atoms in total. The van der Waals surface area contributed by atoms with Gasteiger partial charge in [-0.2, -0.15) is 0 Å². The number of guanidine groups is 1. The van der Waals surface area contributed by atoms with Crippen molar-refractivity contribution in [1.29, 1.82) is 0 Å². The van der Waals surface area contributed by atoms with Crippen LogP contribution in [0.4, 0.5) is 4.39 Å². The maximum atomic E-state index is 13.3. The summed E-state index contributed by atoms with van der Waals surface area (Å²) in [4.78, 5) is 4.46. The van der Waals surface area contributed by atoms with Crippen LogP contribution in [-0.2, 0) is 17.9 Å². The lowest BCUT2D eigenvalue weighted by Gasteiger charge is -2.24. The summed E-state index contributed by atoms with van der Waals surface area (Å²) < 4.78 is 18.7. The standard InChI is InChI=1S/C16H26FN3O2/c1-5-18-15(20-11-16(2,3)22-4)19-9-12-6-7-14(17)13(8-12)10-21/h6-8,21H,5,9-11H2,1-4H3,(H2,18,19,20). The van der Waals surface area contributed by atoms with Crippen molar-refractivity contribution >= 4 is 5.96 Å². The van der Waals surface area contributed by atoms with Gasteiger partial charge in [0.25, 0.3) is 0 Å². The zero-order valence-electron chi connectivity index (χ0n) is 13.7. The van der Waals surface area contributed by atoms with Crippen molar-refractivity contribution in [2.45, 2.75) is 39.5 Å². The van der Waals surface area contributed by atoms with Gasteiger partial charge in [0.2, 0.25) is 0 Å². The average molecular weight is 311 g/mol. The zero-order valence-corrected chi connectivity index (χ0v) is 13.7. The second kappa shape index (κ2) is 8.70. The van der Waals surface area contributed by atoms with E-state index in [1.54, 1.807) is 19.2 Å². The third-order valence-corrected chi connectivity index (χ3v) is 3.28. The van der Waals surface area contributed by atoms with Crippen molar-refractivity contribution in [3.63, 3.8) is 0 Å². The molecule has 6 heteroatoms. The fourth-order valence-electron chi connectivity index (χ4n) is 1.73. The van der Waals surface area contributed by atoms with E-state index in [1.807, 2.05) is 20.8 Å². The number of aliphatic imine (C=N–C) groups is 1. The Morgan fingerprint density at radius 3 is 2.68 bits per heavy atom. The molecular weight excluding hydrogens is 285 g/mol. The Bertz CT molecular complexity index is 504. The van der Waals surface area contributed by atoms with Crippen LogP contribution in [0.3, 0.4) is 0 Å². The molecule has 0 atom stereocenters. The lowest BCUT2D eigenvalue weighted by atomic mass is 10.1. The monoisotopic (exact) mass is 311 g/mol. The summed E-state index contributed by atoms with van der Waals surface area (Å²) in [5.41, 5.74) is 0.829. The van der Waals surface area contributed by atoms with Gasteiger partial charge in [0, 0.05) is 25.8 Å². The van der Waals surface area contributed by atoms with E-state index in [0.29, 0.717) is 19.0 Å². The van der Waals surface area contributed by atoms with Gasteiger partial charge in [-0.1, -0.05) is 6.07 Å². The first-order valence-corrected chi connectivity index (χ1v) is 7.37. The summed E-state index contributed by atoms with van der Waals surface area (Å²) in [5, 5.41) is 15.5. The smallest absolute Gasteiger partial charge is 0.191 e. The summed E-state index contributed by atoms with van der Waals surface area (Å²) >= 11 is 0. The van der Waals surface area contributed by atoms with Crippen LogP contribution in [0.15, 0.2) is 23.2 Å². The van der Waals surface area contributed by atoms with E-state index in [-0.39, 0.29) is 17.8 Å². The van der Waals surface area contributed by atoms with Gasteiger partial charge >= 0.3 is 0 Å². The quantitative estimate of drug-likeness (QED) is 0.531. The highest BCUT2D eigenvalue weighted by molar-refractivity contribution is 5.79. The first-order chi connectivity index (χ1) is 10.4. The number of rotatable bonds is 7. The number of ether oxygens (including phenoxy) is 1. The van der Waals surface area contributed by atoms with E-state index in [1.165, 1.54) is 6.07 Å². The molecule has 0 amide bonds. The molecule has 22 heavy (non-hydrogen) atoms. The van der Waals surface area contributed by atoms with Crippen LogP contribution in [0, 0.1) is 5.82 Å². The number of hydrogen-bond acceptors (Lipinski definition) is 3. The predicted molar refractivity (Wildman–Crippen MR) is 86.2 cm³/mol. The van der Waals surface area contributed by atoms with Crippen LogP contribution in [-0.4, -0.2) is 36.9 Å². The largest absolute Gasteiger partial charge is 0.392 e. The molecule has 0 bridgehead atoms. The molecule has 0 saturated carbocycles. The van der Waals surface area contributed by atoms with Gasteiger partial charge in [-0.25, -0.2) is 9.38 Å². The minimum absolute atomic E-state index is 0.283. The van der Waals surface area contributed by atoms with E-state index in [9.17, 15) is 4.39 Å². The number of aliphatic hydroxyl groups excluding tert-OH is 1. The summed E-state index contributed by atoms with van der Waals surface area (Å²) in [7, 11) is 1.67. The van der Waals surface area contributed by atoms with Crippen LogP contribution in [0.1, 0.15) is 31.9 Å². The molecule has 0 aromatic heterocycles. The molecule has 0 aliphatic heterocycles. The molecular formula is C16H26FN3O2. The number of halogens is 1. The highest BCUT2D eigenvalue weighted by Gasteiger charge is 2.16. The van der Waals surface area contributed by atoms with Crippen LogP contribution in [0.2, 0.25) is 0 Å². The Labute approximate surface area is 131 Å². The first kappa shape index (κ1) is 18.4. The van der Waals surface area contributed by atoms with Crippen molar-refractivity contribution < 1.29 is 14.2 Å². The summed E-state index contributed by atoms with van der Waals surface area (Å²) in [6, 6.07) is 4.65. The van der Waals surface area contributed by atoms with E-state index >= 15 is 0 Å². The van der Waals surface area contributed by atoms with Crippen LogP contribution < -0.4 is 10.6 Å². The molecule has 0 spiro atoms. The molecule has 0 heterocycles. The maximum Gasteiger partial charge on any atom is 0.191 e. The van der Waals surface area contributed by atoms with Crippen molar-refractivity contribution in [3.05, 3.63) is 35.1 Å². The molecule has 0 fully saturated rings. The molecule has 1 aromatic rings. The molecule has 3 N–H and O–H groups in total. The zero-order chi connectivity index (χ0) is 16.6. The lowest BCUT2D eigenvalue weighted by Crippen LogP contribution is -2.45. The van der Waals surface area contributed by atoms with Gasteiger partial charge < -0.3 is 20.5 Å². The van der Waals surface area contributed by atoms with Crippen molar-refractivity contribution in [2.24, 2.45) is 4.99 Å². The summed E-state index contributed by atoms with van der Waals surface area (Å²) in [6.45, 7) is 7.39. The van der Waals surface area contributed by atoms with Crippen molar-refractivity contribution in [1.82, 2.24) is 10.6 Å². The van der Waals surface area contributed by atoms with Gasteiger partial charge in [0.05, 0.1) is 18.8 Å². The van der Waals surface area contributed by atoms with E-state index in [4.69, 9.17) is 9.84 Å². The van der Waals surface area contributed by atoms with Gasteiger partial charge in [-0.3, -0.25) is 0 Å². The van der Waals surface area contributed by atoms with Gasteiger partial charge in [0.15, 0.2) is 5.96 Å². The molecule has 0 saturated heterocycles. The number of methoxy groups -OCH3 is 1. The van der Waals surface area contributed by atoms with E-state index in [0.717, 1.165) is 12.1 Å². The Morgan fingerprint density at radius 2 is 2.09 bits per heavy atom. The van der Waals surface area contributed by atoms with Crippen molar-refractivity contribution in [3.8, 4) is 0 Å². The molecule has 0 aliphatic rings. The summed E-state index contributed by atoms with van der Waals surface area (Å²) in [6.07, 6.45) is 0. The predicted octanol–water partition coefficient (Wildman–Crippen LogP) is 1.80. The highest BCUT2D eigenvalue weighted by atomic mass is 19.1. The summed E-state index contributed by atoms with van der Waals surface area (Å²) in [5.74, 6) is 0.268. The first-order valence-electron chi connectivity index (χ1n) is 7.37. The van der Waals surface area contributed by atoms with Gasteiger partial charge in [-0.15, -0.1) is 0 Å². The Balaban J connectivity index is 2.73. The number of aliphatic hydroxyl groups is 1. The number of nitrogens with one attached hydrogen (secondary N) is 2. The van der Waals surface area contributed by atoms with E-state index in [2.05, 4.69) is 15.6 Å². The lowest BCUT2D eigenvalue weighted by molar-refractivity contribution is 0.0268. The highest BCUT2D eigenvalue weighted by Crippen LogP contribution is 2.11. The number of nitrogens with zero attached hydrogens (tertiary/aromatic N) is 1. The molecule has 0 radical (unpaired) electrons. The molecule has 0 aliphatic carbocycles. The molecule has 1 rings (SSSR count). The molecule has 1 aromatic carbocycles. The third kappa shape index (κ3) is 5.99. The Hall–Kier alpha value is -1.66.